The number of nitrogens with zero attached hydrogens (tertiary/aromatic N) is 3. The number of hydrogen-bond acceptors (Lipinski definition) is 5. The maximum Gasteiger partial charge on any atom is 0.256 e. The van der Waals surface area contributed by atoms with Crippen LogP contribution in [0.15, 0.2) is 17.3 Å². The number of anilines is 1. The normalized spacial score (nSPS) is 23.2. The Bertz CT molecular complexity index is 820. The Morgan fingerprint density at radius 3 is 2.81 bits per heavy atom. The summed E-state index contributed by atoms with van der Waals surface area (Å²) in [4.78, 5) is 8.27. The van der Waals surface area contributed by atoms with E-state index in [1.807, 2.05) is 4.57 Å². The van der Waals surface area contributed by atoms with Gasteiger partial charge in [0.2, 0.25) is 5.95 Å². The van der Waals surface area contributed by atoms with Crippen molar-refractivity contribution in [2.75, 3.05) is 12.3 Å². The lowest BCUT2D eigenvalue weighted by atomic mass is 9.81. The van der Waals surface area contributed by atoms with Gasteiger partial charge in [-0.2, -0.15) is 4.98 Å². The molecule has 1 saturated carbocycles. The average Bonchev–Trinajstić information content (AvgIpc) is 2.86. The molecule has 4 rings (SSSR count). The molecule has 1 aliphatic carbocycles. The molecule has 8 heteroatoms. The molecule has 1 aliphatic heterocycles. The Balaban J connectivity index is 2.07. The van der Waals surface area contributed by atoms with Crippen molar-refractivity contribution in [1.82, 2.24) is 19.3 Å². The molecule has 21 heavy (non-hydrogen) atoms. The summed E-state index contributed by atoms with van der Waals surface area (Å²) in [6.07, 6.45) is 6.89. The molecule has 112 valence electrons. The number of fused-ring (bicyclic) bond motifs is 4. The third-order valence-electron chi connectivity index (χ3n) is 4.65. The van der Waals surface area contributed by atoms with Gasteiger partial charge in [0.05, 0.1) is 5.54 Å². The van der Waals surface area contributed by atoms with E-state index in [9.17, 15) is 8.42 Å². The molecular weight excluding hydrogens is 290 g/mol. The Hall–Kier alpha value is -1.67. The molecule has 0 radical (unpaired) electrons. The highest BCUT2D eigenvalue weighted by Crippen LogP contribution is 2.41. The molecule has 0 bridgehead atoms. The zero-order valence-corrected chi connectivity index (χ0v) is 12.4. The van der Waals surface area contributed by atoms with Gasteiger partial charge in [-0.15, -0.1) is 0 Å². The first kappa shape index (κ1) is 13.0. The predicted octanol–water partition coefficient (Wildman–Crippen LogP) is 0.965. The number of nitrogen functional groups attached to an aromatic ring is 1. The molecule has 0 aromatic carbocycles. The van der Waals surface area contributed by atoms with E-state index in [1.165, 1.54) is 6.42 Å². The molecule has 0 amide bonds. The van der Waals surface area contributed by atoms with Gasteiger partial charge in [-0.3, -0.25) is 0 Å². The van der Waals surface area contributed by atoms with E-state index in [1.54, 1.807) is 12.3 Å². The van der Waals surface area contributed by atoms with Crippen molar-refractivity contribution >= 4 is 27.0 Å². The number of hydrogen-bond donors (Lipinski definition) is 2. The SMILES string of the molecule is Nc1ncc2cc3n(c2n1)C1(CCCCC1)CNS3(=O)=O. The minimum atomic E-state index is -3.49. The van der Waals surface area contributed by atoms with Crippen LogP contribution in [0.1, 0.15) is 32.1 Å². The zero-order chi connectivity index (χ0) is 14.7. The van der Waals surface area contributed by atoms with Gasteiger partial charge >= 0.3 is 0 Å². The monoisotopic (exact) mass is 307 g/mol. The fourth-order valence-electron chi connectivity index (χ4n) is 3.63. The lowest BCUT2D eigenvalue weighted by Crippen LogP contribution is -2.52. The maximum atomic E-state index is 12.3. The summed E-state index contributed by atoms with van der Waals surface area (Å²) in [7, 11) is -3.49. The summed E-state index contributed by atoms with van der Waals surface area (Å²) in [6, 6.07) is 1.65. The minimum Gasteiger partial charge on any atom is -0.368 e. The van der Waals surface area contributed by atoms with E-state index < -0.39 is 10.0 Å². The van der Waals surface area contributed by atoms with Crippen LogP contribution in [0.4, 0.5) is 5.95 Å². The van der Waals surface area contributed by atoms with Crippen molar-refractivity contribution in [2.45, 2.75) is 42.7 Å². The van der Waals surface area contributed by atoms with Gasteiger partial charge in [-0.1, -0.05) is 19.3 Å². The molecule has 1 spiro atoms. The van der Waals surface area contributed by atoms with Gasteiger partial charge in [-0.25, -0.2) is 18.1 Å². The lowest BCUT2D eigenvalue weighted by molar-refractivity contribution is 0.181. The Morgan fingerprint density at radius 1 is 1.29 bits per heavy atom. The van der Waals surface area contributed by atoms with E-state index in [4.69, 9.17) is 5.73 Å². The van der Waals surface area contributed by atoms with Crippen molar-refractivity contribution in [2.24, 2.45) is 0 Å². The number of rotatable bonds is 0. The smallest absolute Gasteiger partial charge is 0.256 e. The topological polar surface area (TPSA) is 103 Å². The quantitative estimate of drug-likeness (QED) is 0.754. The second-order valence-corrected chi connectivity index (χ2v) is 7.65. The van der Waals surface area contributed by atoms with Gasteiger partial charge in [0.1, 0.15) is 5.65 Å². The molecule has 0 unspecified atom stereocenters. The number of sulfonamides is 1. The van der Waals surface area contributed by atoms with Gasteiger partial charge in [-0.05, 0) is 18.9 Å². The zero-order valence-electron chi connectivity index (χ0n) is 11.5. The first-order valence-corrected chi connectivity index (χ1v) is 8.64. The van der Waals surface area contributed by atoms with Gasteiger partial charge in [0.25, 0.3) is 10.0 Å². The van der Waals surface area contributed by atoms with Crippen LogP contribution in [-0.2, 0) is 15.6 Å². The van der Waals surface area contributed by atoms with Crippen LogP contribution in [0.25, 0.3) is 11.0 Å². The average molecular weight is 307 g/mol. The van der Waals surface area contributed by atoms with Crippen molar-refractivity contribution in [3.8, 4) is 0 Å². The third kappa shape index (κ3) is 1.78. The van der Waals surface area contributed by atoms with E-state index in [2.05, 4.69) is 14.7 Å². The summed E-state index contributed by atoms with van der Waals surface area (Å²) in [5.41, 5.74) is 6.11. The maximum absolute atomic E-state index is 12.3. The van der Waals surface area contributed by atoms with Crippen LogP contribution >= 0.6 is 0 Å². The van der Waals surface area contributed by atoms with Gasteiger partial charge < -0.3 is 10.3 Å². The second kappa shape index (κ2) is 4.17. The molecule has 7 nitrogen and oxygen atoms in total. The van der Waals surface area contributed by atoms with Gasteiger partial charge in [0.15, 0.2) is 5.03 Å². The molecular formula is C13H17N5O2S. The van der Waals surface area contributed by atoms with Crippen molar-refractivity contribution < 1.29 is 8.42 Å². The van der Waals surface area contributed by atoms with Crippen LogP contribution in [0.3, 0.4) is 0 Å². The third-order valence-corrected chi connectivity index (χ3v) is 6.03. The number of nitrogens with one attached hydrogen (secondary N) is 1. The van der Waals surface area contributed by atoms with E-state index in [0.717, 1.165) is 31.1 Å². The van der Waals surface area contributed by atoms with Crippen LogP contribution in [0.5, 0.6) is 0 Å². The summed E-state index contributed by atoms with van der Waals surface area (Å²) in [5.74, 6) is 0.172. The van der Waals surface area contributed by atoms with Crippen LogP contribution in [0, 0.1) is 0 Å². The highest BCUT2D eigenvalue weighted by molar-refractivity contribution is 7.89. The fourth-order valence-corrected chi connectivity index (χ4v) is 5.04. The van der Waals surface area contributed by atoms with Crippen LogP contribution < -0.4 is 10.5 Å². The predicted molar refractivity (Wildman–Crippen MR) is 78.2 cm³/mol. The molecule has 2 aromatic rings. The Morgan fingerprint density at radius 2 is 2.05 bits per heavy atom. The Labute approximate surface area is 122 Å². The number of aromatic nitrogens is 3. The van der Waals surface area contributed by atoms with Crippen LogP contribution in [-0.4, -0.2) is 29.5 Å². The molecule has 3 heterocycles. The molecule has 3 N–H and O–H groups in total. The second-order valence-electron chi connectivity index (χ2n) is 5.93. The van der Waals surface area contributed by atoms with E-state index in [-0.39, 0.29) is 16.5 Å². The summed E-state index contributed by atoms with van der Waals surface area (Å²) in [6.45, 7) is 0.427. The van der Waals surface area contributed by atoms with E-state index >= 15 is 0 Å². The molecule has 0 saturated heterocycles. The molecule has 2 aromatic heterocycles. The fraction of sp³-hybridized carbons (Fsp3) is 0.538. The minimum absolute atomic E-state index is 0.172. The first-order valence-electron chi connectivity index (χ1n) is 7.16. The molecule has 2 aliphatic rings. The molecule has 0 atom stereocenters. The summed E-state index contributed by atoms with van der Waals surface area (Å²) in [5, 5.41) is 1.00. The standard InChI is InChI=1S/C13H17N5O2S/c14-12-15-7-9-6-10-18(11(9)17-12)13(4-2-1-3-5-13)8-16-21(10,19)20/h6-7,16H,1-5,8H2,(H2,14,15,17). The lowest BCUT2D eigenvalue weighted by Gasteiger charge is -2.42. The largest absolute Gasteiger partial charge is 0.368 e. The van der Waals surface area contributed by atoms with Crippen molar-refractivity contribution in [3.05, 3.63) is 12.3 Å². The van der Waals surface area contributed by atoms with Crippen molar-refractivity contribution in [1.29, 1.82) is 0 Å². The Kier molecular flexibility index (Phi) is 2.59. The van der Waals surface area contributed by atoms with E-state index in [0.29, 0.717) is 12.2 Å². The molecule has 1 fully saturated rings. The van der Waals surface area contributed by atoms with Gasteiger partial charge in [0, 0.05) is 18.1 Å². The summed E-state index contributed by atoms with van der Waals surface area (Å²) >= 11 is 0. The highest BCUT2D eigenvalue weighted by atomic mass is 32.2. The van der Waals surface area contributed by atoms with Crippen molar-refractivity contribution in [3.63, 3.8) is 0 Å². The summed E-state index contributed by atoms with van der Waals surface area (Å²) < 4.78 is 29.3. The van der Waals surface area contributed by atoms with Crippen LogP contribution in [0.2, 0.25) is 0 Å². The highest BCUT2D eigenvalue weighted by Gasteiger charge is 2.43. The number of nitrogens with two attached hydrogens (primary N) is 1. The first-order chi connectivity index (χ1) is 10.0.